The van der Waals surface area contributed by atoms with Crippen LogP contribution in [-0.2, 0) is 12.0 Å². The van der Waals surface area contributed by atoms with Gasteiger partial charge in [-0.3, -0.25) is 9.78 Å². The summed E-state index contributed by atoms with van der Waals surface area (Å²) in [6, 6.07) is 8.91. The average molecular weight is 364 g/mol. The van der Waals surface area contributed by atoms with Crippen LogP contribution in [0.1, 0.15) is 48.0 Å². The summed E-state index contributed by atoms with van der Waals surface area (Å²) >= 11 is 0. The second-order valence-corrected chi connectivity index (χ2v) is 7.50. The minimum absolute atomic E-state index is 0.0261. The maximum atomic E-state index is 12.6. The summed E-state index contributed by atoms with van der Waals surface area (Å²) in [6.07, 6.45) is 1.70. The Kier molecular flexibility index (Phi) is 5.15. The van der Waals surface area contributed by atoms with Crippen LogP contribution in [0.2, 0.25) is 0 Å². The lowest BCUT2D eigenvalue weighted by Gasteiger charge is -2.37. The summed E-state index contributed by atoms with van der Waals surface area (Å²) in [5, 5.41) is 12.2. The van der Waals surface area contributed by atoms with E-state index in [-0.39, 0.29) is 11.3 Å². The van der Waals surface area contributed by atoms with Crippen LogP contribution in [0, 0.1) is 11.3 Å². The van der Waals surface area contributed by atoms with Gasteiger partial charge in [0.15, 0.2) is 0 Å². The second kappa shape index (κ2) is 7.37. The Morgan fingerprint density at radius 2 is 2.19 bits per heavy atom. The molecule has 0 saturated carbocycles. The molecule has 0 radical (unpaired) electrons. The summed E-state index contributed by atoms with van der Waals surface area (Å²) in [5.74, 6) is 0.206. The van der Waals surface area contributed by atoms with E-state index >= 15 is 0 Å². The van der Waals surface area contributed by atoms with Gasteiger partial charge >= 0.3 is 0 Å². The third kappa shape index (κ3) is 3.93. The van der Waals surface area contributed by atoms with Crippen molar-refractivity contribution in [2.75, 3.05) is 25.5 Å². The van der Waals surface area contributed by atoms with Crippen molar-refractivity contribution in [2.24, 2.45) is 0 Å². The topological polar surface area (TPSA) is 78.2 Å². The van der Waals surface area contributed by atoms with Crippen molar-refractivity contribution in [2.45, 2.75) is 32.7 Å². The Balaban J connectivity index is 1.83. The lowest BCUT2D eigenvalue weighted by molar-refractivity contribution is 0.102. The quantitative estimate of drug-likeness (QED) is 0.900. The predicted octanol–water partition coefficient (Wildman–Crippen LogP) is 3.33. The molecule has 2 heterocycles. The Hall–Kier alpha value is -2.91. The molecule has 0 bridgehead atoms. The number of pyridine rings is 1. The predicted molar refractivity (Wildman–Crippen MR) is 104 cm³/mol. The molecule has 1 aromatic carbocycles. The van der Waals surface area contributed by atoms with Crippen LogP contribution in [0.5, 0.6) is 5.75 Å². The molecule has 0 aliphatic carbocycles. The molecule has 0 atom stereocenters. The fourth-order valence-corrected chi connectivity index (χ4v) is 3.65. The van der Waals surface area contributed by atoms with E-state index in [2.05, 4.69) is 42.2 Å². The van der Waals surface area contributed by atoms with Gasteiger partial charge in [-0.1, -0.05) is 13.8 Å². The van der Waals surface area contributed by atoms with Crippen LogP contribution < -0.4 is 10.1 Å². The third-order valence-corrected chi connectivity index (χ3v) is 4.63. The van der Waals surface area contributed by atoms with Crippen molar-refractivity contribution >= 4 is 11.6 Å². The van der Waals surface area contributed by atoms with E-state index in [0.717, 1.165) is 24.3 Å². The van der Waals surface area contributed by atoms with E-state index < -0.39 is 0 Å². The summed E-state index contributed by atoms with van der Waals surface area (Å²) in [5.41, 5.74) is 3.57. The maximum absolute atomic E-state index is 12.6. The van der Waals surface area contributed by atoms with E-state index in [1.54, 1.807) is 24.4 Å². The van der Waals surface area contributed by atoms with Crippen molar-refractivity contribution in [3.05, 3.63) is 52.8 Å². The monoisotopic (exact) mass is 364 g/mol. The highest BCUT2D eigenvalue weighted by atomic mass is 16.5. The molecular formula is C21H24N4O2. The SMILES string of the molecule is CCOc1ccc(C(=O)Nc2cnc3c(c2)CN(C)CC3(C)C)cc1C#N. The number of carbonyl (C=O) groups is 1. The molecule has 0 spiro atoms. The molecule has 1 aliphatic heterocycles. The summed E-state index contributed by atoms with van der Waals surface area (Å²) in [7, 11) is 2.08. The molecule has 1 aliphatic rings. The first kappa shape index (κ1) is 18.9. The first-order valence-corrected chi connectivity index (χ1v) is 9.00. The molecule has 1 amide bonds. The van der Waals surface area contributed by atoms with Gasteiger partial charge in [0.2, 0.25) is 0 Å². The van der Waals surface area contributed by atoms with Crippen LogP contribution in [-0.4, -0.2) is 36.0 Å². The van der Waals surface area contributed by atoms with Crippen LogP contribution in [0.15, 0.2) is 30.5 Å². The van der Waals surface area contributed by atoms with Gasteiger partial charge in [0.05, 0.1) is 29.7 Å². The first-order chi connectivity index (χ1) is 12.8. The second-order valence-electron chi connectivity index (χ2n) is 7.50. The number of nitriles is 1. The fourth-order valence-electron chi connectivity index (χ4n) is 3.65. The Morgan fingerprint density at radius 3 is 2.89 bits per heavy atom. The van der Waals surface area contributed by atoms with E-state index in [1.807, 2.05) is 13.0 Å². The molecule has 3 rings (SSSR count). The summed E-state index contributed by atoms with van der Waals surface area (Å²) in [4.78, 5) is 19.5. The molecule has 0 unspecified atom stereocenters. The zero-order chi connectivity index (χ0) is 19.6. The van der Waals surface area contributed by atoms with E-state index in [0.29, 0.717) is 29.2 Å². The molecule has 6 heteroatoms. The summed E-state index contributed by atoms with van der Waals surface area (Å²) < 4.78 is 5.40. The third-order valence-electron chi connectivity index (χ3n) is 4.63. The molecule has 0 fully saturated rings. The van der Waals surface area contributed by atoms with Gasteiger partial charge < -0.3 is 15.0 Å². The Labute approximate surface area is 159 Å². The highest BCUT2D eigenvalue weighted by Gasteiger charge is 2.31. The van der Waals surface area contributed by atoms with Crippen LogP contribution in [0.25, 0.3) is 0 Å². The zero-order valence-corrected chi connectivity index (χ0v) is 16.2. The normalized spacial score (nSPS) is 15.5. The summed E-state index contributed by atoms with van der Waals surface area (Å²) in [6.45, 7) is 8.42. The molecule has 0 saturated heterocycles. The number of nitrogens with one attached hydrogen (secondary N) is 1. The van der Waals surface area contributed by atoms with Crippen molar-refractivity contribution in [1.29, 1.82) is 5.26 Å². The van der Waals surface area contributed by atoms with Gasteiger partial charge in [-0.05, 0) is 43.8 Å². The number of rotatable bonds is 4. The van der Waals surface area contributed by atoms with Crippen LogP contribution in [0.3, 0.4) is 0 Å². The molecular weight excluding hydrogens is 340 g/mol. The van der Waals surface area contributed by atoms with Gasteiger partial charge in [-0.25, -0.2) is 0 Å². The highest BCUT2D eigenvalue weighted by molar-refractivity contribution is 6.04. The van der Waals surface area contributed by atoms with Crippen LogP contribution >= 0.6 is 0 Å². The minimum Gasteiger partial charge on any atom is -0.492 e. The number of hydrogen-bond acceptors (Lipinski definition) is 5. The van der Waals surface area contributed by atoms with Crippen LogP contribution in [0.4, 0.5) is 5.69 Å². The number of fused-ring (bicyclic) bond motifs is 1. The highest BCUT2D eigenvalue weighted by Crippen LogP contribution is 2.32. The standard InChI is InChI=1S/C21H24N4O2/c1-5-27-18-7-6-14(8-15(18)10-22)20(26)24-17-9-16-12-25(4)13-21(2,3)19(16)23-11-17/h6-9,11H,5,12-13H2,1-4H3,(H,24,26). The van der Waals surface area contributed by atoms with Gasteiger partial charge in [0, 0.05) is 24.1 Å². The lowest BCUT2D eigenvalue weighted by Crippen LogP contribution is -2.40. The van der Waals surface area contributed by atoms with Gasteiger partial charge in [0.25, 0.3) is 5.91 Å². The van der Waals surface area contributed by atoms with E-state index in [1.165, 1.54) is 0 Å². The number of anilines is 1. The number of carbonyl (C=O) groups excluding carboxylic acids is 1. The fraction of sp³-hybridized carbons (Fsp3) is 0.381. The number of benzene rings is 1. The number of hydrogen-bond donors (Lipinski definition) is 1. The molecule has 27 heavy (non-hydrogen) atoms. The Bertz CT molecular complexity index is 915. The molecule has 2 aromatic rings. The number of nitrogens with zero attached hydrogens (tertiary/aromatic N) is 3. The smallest absolute Gasteiger partial charge is 0.255 e. The van der Waals surface area contributed by atoms with Gasteiger partial charge in [-0.2, -0.15) is 5.26 Å². The van der Waals surface area contributed by atoms with Crippen molar-refractivity contribution < 1.29 is 9.53 Å². The number of amides is 1. The molecule has 140 valence electrons. The average Bonchev–Trinajstić information content (AvgIpc) is 2.61. The number of aromatic nitrogens is 1. The van der Waals surface area contributed by atoms with Crippen molar-refractivity contribution in [1.82, 2.24) is 9.88 Å². The van der Waals surface area contributed by atoms with E-state index in [4.69, 9.17) is 4.74 Å². The molecule has 6 nitrogen and oxygen atoms in total. The molecule has 1 N–H and O–H groups in total. The number of ether oxygens (including phenoxy) is 1. The first-order valence-electron chi connectivity index (χ1n) is 9.00. The minimum atomic E-state index is -0.278. The number of likely N-dealkylation sites (N-methyl/N-ethyl adjacent to an activating group) is 1. The largest absolute Gasteiger partial charge is 0.492 e. The van der Waals surface area contributed by atoms with E-state index in [9.17, 15) is 10.1 Å². The van der Waals surface area contributed by atoms with Crippen molar-refractivity contribution in [3.8, 4) is 11.8 Å². The van der Waals surface area contributed by atoms with Crippen molar-refractivity contribution in [3.63, 3.8) is 0 Å². The maximum Gasteiger partial charge on any atom is 0.255 e. The van der Waals surface area contributed by atoms with Gasteiger partial charge in [-0.15, -0.1) is 0 Å². The lowest BCUT2D eigenvalue weighted by atomic mass is 9.82. The Morgan fingerprint density at radius 1 is 1.41 bits per heavy atom. The zero-order valence-electron chi connectivity index (χ0n) is 16.2. The molecule has 1 aromatic heterocycles. The van der Waals surface area contributed by atoms with Gasteiger partial charge in [0.1, 0.15) is 11.8 Å².